The number of hydrogen-bond donors (Lipinski definition) is 1. The van der Waals surface area contributed by atoms with Gasteiger partial charge in [-0.1, -0.05) is 13.0 Å². The molecule has 2 nitrogen and oxygen atoms in total. The van der Waals surface area contributed by atoms with Gasteiger partial charge in [-0.2, -0.15) is 0 Å². The summed E-state index contributed by atoms with van der Waals surface area (Å²) in [6, 6.07) is 3.54. The smallest absolute Gasteiger partial charge is 0.165 e. The maximum Gasteiger partial charge on any atom is 0.165 e. The van der Waals surface area contributed by atoms with E-state index in [-0.39, 0.29) is 11.9 Å². The molecule has 1 aromatic rings. The molecule has 88 valence electrons. The van der Waals surface area contributed by atoms with Crippen LogP contribution in [0.25, 0.3) is 0 Å². The second kappa shape index (κ2) is 4.83. The summed E-state index contributed by atoms with van der Waals surface area (Å²) in [6.45, 7) is 5.58. The van der Waals surface area contributed by atoms with Crippen molar-refractivity contribution >= 4 is 0 Å². The fourth-order valence-electron chi connectivity index (χ4n) is 2.31. The van der Waals surface area contributed by atoms with Crippen LogP contribution in [0.5, 0.6) is 5.75 Å². The highest BCUT2D eigenvalue weighted by Gasteiger charge is 2.23. The molecule has 0 bridgehead atoms. The Morgan fingerprint density at radius 2 is 2.31 bits per heavy atom. The Morgan fingerprint density at radius 1 is 1.50 bits per heavy atom. The van der Waals surface area contributed by atoms with Crippen LogP contribution in [0.15, 0.2) is 12.1 Å². The zero-order valence-corrected chi connectivity index (χ0v) is 9.85. The molecule has 0 radical (unpaired) electrons. The summed E-state index contributed by atoms with van der Waals surface area (Å²) in [5.74, 6) is 0.203. The van der Waals surface area contributed by atoms with Gasteiger partial charge in [-0.25, -0.2) is 4.39 Å². The van der Waals surface area contributed by atoms with E-state index in [0.717, 1.165) is 30.5 Å². The standard InChI is InChI=1S/C13H18FNO/c1-3-15-11-5-4-8-16-13-10(14)7-6-9(2)12(11)13/h6-7,11,15H,3-5,8H2,1-2H3. The maximum atomic E-state index is 13.7. The van der Waals surface area contributed by atoms with Gasteiger partial charge in [-0.05, 0) is 37.9 Å². The Labute approximate surface area is 95.8 Å². The van der Waals surface area contributed by atoms with E-state index < -0.39 is 0 Å². The van der Waals surface area contributed by atoms with Crippen molar-refractivity contribution in [2.45, 2.75) is 32.7 Å². The van der Waals surface area contributed by atoms with Gasteiger partial charge in [0.1, 0.15) is 0 Å². The summed E-state index contributed by atoms with van der Waals surface area (Å²) in [5, 5.41) is 3.40. The third-order valence-corrected chi connectivity index (χ3v) is 3.05. The van der Waals surface area contributed by atoms with Crippen LogP contribution in [-0.4, -0.2) is 13.2 Å². The number of benzene rings is 1. The van der Waals surface area contributed by atoms with E-state index in [4.69, 9.17) is 4.74 Å². The summed E-state index contributed by atoms with van der Waals surface area (Å²) in [4.78, 5) is 0. The highest BCUT2D eigenvalue weighted by Crippen LogP contribution is 2.35. The number of rotatable bonds is 2. The molecule has 1 heterocycles. The van der Waals surface area contributed by atoms with Gasteiger partial charge in [-0.3, -0.25) is 0 Å². The van der Waals surface area contributed by atoms with Crippen molar-refractivity contribution in [1.29, 1.82) is 0 Å². The third-order valence-electron chi connectivity index (χ3n) is 3.05. The predicted octanol–water partition coefficient (Wildman–Crippen LogP) is 2.96. The van der Waals surface area contributed by atoms with Crippen LogP contribution in [0.2, 0.25) is 0 Å². The summed E-state index contributed by atoms with van der Waals surface area (Å²) < 4.78 is 19.2. The van der Waals surface area contributed by atoms with E-state index in [9.17, 15) is 4.39 Å². The average molecular weight is 223 g/mol. The number of aryl methyl sites for hydroxylation is 1. The molecule has 0 aliphatic carbocycles. The Hall–Kier alpha value is -1.09. The van der Waals surface area contributed by atoms with Crippen molar-refractivity contribution in [3.05, 3.63) is 29.1 Å². The number of hydrogen-bond acceptors (Lipinski definition) is 2. The van der Waals surface area contributed by atoms with E-state index in [1.807, 2.05) is 13.0 Å². The summed E-state index contributed by atoms with van der Waals surface area (Å²) in [6.07, 6.45) is 1.97. The molecule has 1 atom stereocenters. The number of halogens is 1. The van der Waals surface area contributed by atoms with E-state index in [1.165, 1.54) is 6.07 Å². The number of ether oxygens (including phenoxy) is 1. The fraction of sp³-hybridized carbons (Fsp3) is 0.538. The topological polar surface area (TPSA) is 21.3 Å². The molecule has 0 aromatic heterocycles. The molecule has 1 aliphatic rings. The van der Waals surface area contributed by atoms with Crippen molar-refractivity contribution in [3.63, 3.8) is 0 Å². The Balaban J connectivity index is 2.46. The van der Waals surface area contributed by atoms with Crippen molar-refractivity contribution in [1.82, 2.24) is 5.32 Å². The first-order chi connectivity index (χ1) is 7.74. The highest BCUT2D eigenvalue weighted by atomic mass is 19.1. The van der Waals surface area contributed by atoms with E-state index >= 15 is 0 Å². The van der Waals surface area contributed by atoms with Gasteiger partial charge in [0.2, 0.25) is 0 Å². The summed E-state index contributed by atoms with van der Waals surface area (Å²) >= 11 is 0. The number of fused-ring (bicyclic) bond motifs is 1. The first kappa shape index (κ1) is 11.4. The van der Waals surface area contributed by atoms with Crippen LogP contribution in [0.3, 0.4) is 0 Å². The van der Waals surface area contributed by atoms with Crippen LogP contribution in [0.4, 0.5) is 4.39 Å². The monoisotopic (exact) mass is 223 g/mol. The Kier molecular flexibility index (Phi) is 3.44. The molecular formula is C13H18FNO. The van der Waals surface area contributed by atoms with Gasteiger partial charge in [0.25, 0.3) is 0 Å². The molecule has 0 amide bonds. The van der Waals surface area contributed by atoms with E-state index in [1.54, 1.807) is 0 Å². The first-order valence-electron chi connectivity index (χ1n) is 5.89. The van der Waals surface area contributed by atoms with E-state index in [2.05, 4.69) is 12.2 Å². The molecule has 1 N–H and O–H groups in total. The molecule has 0 spiro atoms. The van der Waals surface area contributed by atoms with Gasteiger partial charge in [-0.15, -0.1) is 0 Å². The predicted molar refractivity (Wildman–Crippen MR) is 62.3 cm³/mol. The zero-order valence-electron chi connectivity index (χ0n) is 9.85. The van der Waals surface area contributed by atoms with Gasteiger partial charge in [0.05, 0.1) is 6.61 Å². The molecule has 0 fully saturated rings. The molecule has 16 heavy (non-hydrogen) atoms. The summed E-state index contributed by atoms with van der Waals surface area (Å²) in [7, 11) is 0. The molecule has 0 saturated heterocycles. The lowest BCUT2D eigenvalue weighted by atomic mass is 9.97. The molecule has 1 aliphatic heterocycles. The lowest BCUT2D eigenvalue weighted by Crippen LogP contribution is -2.21. The summed E-state index contributed by atoms with van der Waals surface area (Å²) in [5.41, 5.74) is 2.10. The van der Waals surface area contributed by atoms with Crippen molar-refractivity contribution in [2.75, 3.05) is 13.2 Å². The molecule has 1 aromatic carbocycles. The second-order valence-electron chi connectivity index (χ2n) is 4.21. The van der Waals surface area contributed by atoms with Gasteiger partial charge in [0.15, 0.2) is 11.6 Å². The molecule has 2 rings (SSSR count). The van der Waals surface area contributed by atoms with Crippen LogP contribution in [-0.2, 0) is 0 Å². The van der Waals surface area contributed by atoms with Gasteiger partial charge >= 0.3 is 0 Å². The Morgan fingerprint density at radius 3 is 3.06 bits per heavy atom. The van der Waals surface area contributed by atoms with Gasteiger partial charge in [0, 0.05) is 11.6 Å². The molecule has 0 saturated carbocycles. The normalized spacial score (nSPS) is 19.8. The maximum absolute atomic E-state index is 13.7. The van der Waals surface area contributed by atoms with E-state index in [0.29, 0.717) is 12.4 Å². The average Bonchev–Trinajstić information content (AvgIpc) is 2.48. The second-order valence-corrected chi connectivity index (χ2v) is 4.21. The highest BCUT2D eigenvalue weighted by molar-refractivity contribution is 5.43. The van der Waals surface area contributed by atoms with Crippen molar-refractivity contribution < 1.29 is 9.13 Å². The number of nitrogens with one attached hydrogen (secondary N) is 1. The molecular weight excluding hydrogens is 205 g/mol. The van der Waals surface area contributed by atoms with Crippen molar-refractivity contribution in [3.8, 4) is 5.75 Å². The van der Waals surface area contributed by atoms with Gasteiger partial charge < -0.3 is 10.1 Å². The third kappa shape index (κ3) is 2.05. The van der Waals surface area contributed by atoms with Crippen LogP contribution in [0.1, 0.15) is 36.9 Å². The SMILES string of the molecule is CCNC1CCCOc2c(F)ccc(C)c21. The lowest BCUT2D eigenvalue weighted by Gasteiger charge is -2.19. The quantitative estimate of drug-likeness (QED) is 0.832. The minimum atomic E-state index is -0.245. The largest absolute Gasteiger partial charge is 0.490 e. The Bertz CT molecular complexity index is 378. The zero-order chi connectivity index (χ0) is 11.5. The minimum absolute atomic E-state index is 0.221. The lowest BCUT2D eigenvalue weighted by molar-refractivity contribution is 0.300. The minimum Gasteiger partial charge on any atom is -0.490 e. The molecule has 1 unspecified atom stereocenters. The van der Waals surface area contributed by atoms with Crippen molar-refractivity contribution in [2.24, 2.45) is 0 Å². The van der Waals surface area contributed by atoms with Crippen LogP contribution in [0, 0.1) is 12.7 Å². The fourth-order valence-corrected chi connectivity index (χ4v) is 2.31. The molecule has 3 heteroatoms. The van der Waals surface area contributed by atoms with Crippen LogP contribution < -0.4 is 10.1 Å². The first-order valence-corrected chi connectivity index (χ1v) is 5.89. The van der Waals surface area contributed by atoms with Crippen LogP contribution >= 0.6 is 0 Å².